The van der Waals surface area contributed by atoms with Gasteiger partial charge in [0, 0.05) is 11.4 Å². The van der Waals surface area contributed by atoms with Crippen molar-refractivity contribution in [2.45, 2.75) is 32.1 Å². The number of hydrogen-bond acceptors (Lipinski definition) is 6. The number of carbonyl (C=O) groups excluding carboxylic acids is 2. The molecule has 160 valence electrons. The maximum Gasteiger partial charge on any atom is 0.264 e. The highest BCUT2D eigenvalue weighted by atomic mass is 32.2. The van der Waals surface area contributed by atoms with Gasteiger partial charge in [-0.1, -0.05) is 11.6 Å². The van der Waals surface area contributed by atoms with Crippen LogP contribution in [0.2, 0.25) is 0 Å². The fraction of sp³-hybridized carbons (Fsp3) is 0.364. The lowest BCUT2D eigenvalue weighted by molar-refractivity contribution is -0.123. The van der Waals surface area contributed by atoms with Crippen LogP contribution < -0.4 is 9.62 Å². The van der Waals surface area contributed by atoms with Crippen molar-refractivity contribution in [3.63, 3.8) is 0 Å². The van der Waals surface area contributed by atoms with Gasteiger partial charge in [0.25, 0.3) is 10.0 Å². The van der Waals surface area contributed by atoms with E-state index in [4.69, 9.17) is 0 Å². The molecule has 4 atom stereocenters. The van der Waals surface area contributed by atoms with Crippen LogP contribution in [-0.2, 0) is 19.6 Å². The van der Waals surface area contributed by atoms with Crippen LogP contribution in [0.15, 0.2) is 46.9 Å². The maximum absolute atomic E-state index is 13.1. The van der Waals surface area contributed by atoms with Gasteiger partial charge in [0.05, 0.1) is 22.4 Å². The van der Waals surface area contributed by atoms with Crippen LogP contribution in [0.3, 0.4) is 0 Å². The van der Waals surface area contributed by atoms with Crippen LogP contribution in [0.4, 0.5) is 11.6 Å². The summed E-state index contributed by atoms with van der Waals surface area (Å²) in [6.07, 6.45) is 2.99. The summed E-state index contributed by atoms with van der Waals surface area (Å²) >= 11 is 0. The van der Waals surface area contributed by atoms with Crippen LogP contribution in [0.5, 0.6) is 0 Å². The van der Waals surface area contributed by atoms with Gasteiger partial charge in [-0.15, -0.1) is 0 Å². The summed E-state index contributed by atoms with van der Waals surface area (Å²) < 4.78 is 27.8. The third-order valence-electron chi connectivity index (χ3n) is 6.49. The van der Waals surface area contributed by atoms with Gasteiger partial charge in [0.1, 0.15) is 0 Å². The predicted molar refractivity (Wildman–Crippen MR) is 114 cm³/mol. The van der Waals surface area contributed by atoms with Crippen molar-refractivity contribution >= 4 is 33.5 Å². The Kier molecular flexibility index (Phi) is 4.30. The molecule has 2 amide bonds. The molecule has 0 unspecified atom stereocenters. The Hall–Kier alpha value is -3.07. The number of rotatable bonds is 4. The first-order valence-electron chi connectivity index (χ1n) is 10.2. The highest BCUT2D eigenvalue weighted by Crippen LogP contribution is 2.55. The number of hydrogen-bond donors (Lipinski definition) is 1. The van der Waals surface area contributed by atoms with Gasteiger partial charge in [0.2, 0.25) is 17.8 Å². The van der Waals surface area contributed by atoms with E-state index in [2.05, 4.69) is 20.8 Å². The lowest BCUT2D eigenvalue weighted by atomic mass is 9.82. The van der Waals surface area contributed by atoms with E-state index in [0.29, 0.717) is 17.1 Å². The number of nitrogens with zero attached hydrogens (tertiary/aromatic N) is 3. The van der Waals surface area contributed by atoms with Crippen molar-refractivity contribution in [2.75, 3.05) is 9.62 Å². The number of nitrogens with one attached hydrogen (secondary N) is 1. The van der Waals surface area contributed by atoms with Crippen LogP contribution in [0.25, 0.3) is 0 Å². The second-order valence-electron chi connectivity index (χ2n) is 8.55. The molecule has 1 aromatic heterocycles. The second kappa shape index (κ2) is 6.71. The number of imide groups is 1. The van der Waals surface area contributed by atoms with Gasteiger partial charge in [-0.05, 0) is 69.4 Å². The van der Waals surface area contributed by atoms with Crippen molar-refractivity contribution in [1.29, 1.82) is 0 Å². The number of sulfonamides is 1. The van der Waals surface area contributed by atoms with Crippen LogP contribution in [0, 0.1) is 37.5 Å². The summed E-state index contributed by atoms with van der Waals surface area (Å²) in [6.45, 7) is 5.53. The third kappa shape index (κ3) is 3.06. The van der Waals surface area contributed by atoms with Gasteiger partial charge in [0.15, 0.2) is 0 Å². The zero-order valence-corrected chi connectivity index (χ0v) is 18.2. The molecule has 1 aliphatic heterocycles. The molecule has 8 nitrogen and oxygen atoms in total. The molecule has 9 heteroatoms. The number of fused-ring (bicyclic) bond motifs is 5. The highest BCUT2D eigenvalue weighted by molar-refractivity contribution is 7.92. The quantitative estimate of drug-likeness (QED) is 0.580. The van der Waals surface area contributed by atoms with Crippen LogP contribution in [-0.4, -0.2) is 30.2 Å². The molecular weight excluding hydrogens is 416 g/mol. The van der Waals surface area contributed by atoms with E-state index < -0.39 is 10.0 Å². The van der Waals surface area contributed by atoms with Crippen LogP contribution >= 0.6 is 0 Å². The molecule has 1 saturated heterocycles. The van der Waals surface area contributed by atoms with Crippen molar-refractivity contribution in [3.05, 3.63) is 53.4 Å². The number of allylic oxidation sites excluding steroid dienone is 2. The maximum atomic E-state index is 13.1. The first-order chi connectivity index (χ1) is 14.7. The van der Waals surface area contributed by atoms with E-state index >= 15 is 0 Å². The molecule has 1 aromatic carbocycles. The smallest absolute Gasteiger partial charge is 0.264 e. The summed E-state index contributed by atoms with van der Waals surface area (Å²) in [4.78, 5) is 35.5. The molecule has 0 spiro atoms. The van der Waals surface area contributed by atoms with Crippen molar-refractivity contribution < 1.29 is 18.0 Å². The zero-order chi connectivity index (χ0) is 22.1. The topological polar surface area (TPSA) is 109 Å². The molecule has 2 aromatic rings. The Labute approximate surface area is 180 Å². The van der Waals surface area contributed by atoms with Gasteiger partial charge < -0.3 is 0 Å². The molecule has 0 radical (unpaired) electrons. The van der Waals surface area contributed by atoms with Gasteiger partial charge >= 0.3 is 0 Å². The second-order valence-corrected chi connectivity index (χ2v) is 10.2. The molecule has 3 aliphatic rings. The SMILES string of the molecule is CC1=C[C@H]2C[C@H]1[C@@H]1C(=O)N(c3ccc(S(=O)(=O)Nc4nc(C)cc(C)n4)cc3)C(=O)[C@H]12. The summed E-state index contributed by atoms with van der Waals surface area (Å²) in [5.41, 5.74) is 2.88. The summed E-state index contributed by atoms with van der Waals surface area (Å²) in [6, 6.07) is 7.50. The molecule has 2 bridgehead atoms. The third-order valence-corrected chi connectivity index (χ3v) is 7.84. The standard InChI is InChI=1S/C22H22N4O4S/c1-11-8-14-10-17(11)19-18(14)20(27)26(21(19)28)15-4-6-16(7-5-15)31(29,30)25-22-23-12(2)9-13(3)24-22/h4-9,14,17-19H,10H2,1-3H3,(H,23,24,25)/t14-,17+,18-,19-/m0/s1. The Bertz CT molecular complexity index is 1230. The average molecular weight is 439 g/mol. The van der Waals surface area contributed by atoms with E-state index in [1.54, 1.807) is 19.9 Å². The molecular formula is C22H22N4O4S. The Balaban J connectivity index is 1.39. The van der Waals surface area contributed by atoms with Gasteiger partial charge in [-0.3, -0.25) is 14.5 Å². The molecule has 1 saturated carbocycles. The minimum Gasteiger partial charge on any atom is -0.274 e. The number of benzene rings is 1. The summed E-state index contributed by atoms with van der Waals surface area (Å²) in [7, 11) is -3.92. The van der Waals surface area contributed by atoms with E-state index in [9.17, 15) is 18.0 Å². The number of carbonyl (C=O) groups is 2. The minimum atomic E-state index is -3.92. The average Bonchev–Trinajstić information content (AvgIpc) is 3.31. The van der Waals surface area contributed by atoms with Crippen molar-refractivity contribution in [2.24, 2.45) is 23.7 Å². The molecule has 1 N–H and O–H groups in total. The Morgan fingerprint density at radius 3 is 2.23 bits per heavy atom. The fourth-order valence-electron chi connectivity index (χ4n) is 5.25. The highest BCUT2D eigenvalue weighted by Gasteiger charge is 2.60. The number of aryl methyl sites for hydroxylation is 2. The molecule has 31 heavy (non-hydrogen) atoms. The normalized spacial score (nSPS) is 26.9. The predicted octanol–water partition coefficient (Wildman–Crippen LogP) is 2.60. The monoisotopic (exact) mass is 438 g/mol. The van der Waals surface area contributed by atoms with Gasteiger partial charge in [-0.25, -0.2) is 23.1 Å². The molecule has 5 rings (SSSR count). The van der Waals surface area contributed by atoms with E-state index in [-0.39, 0.29) is 46.3 Å². The Morgan fingerprint density at radius 2 is 1.58 bits per heavy atom. The zero-order valence-electron chi connectivity index (χ0n) is 17.4. The lowest BCUT2D eigenvalue weighted by Gasteiger charge is -2.19. The van der Waals surface area contributed by atoms with E-state index in [1.807, 2.05) is 6.92 Å². The molecule has 2 heterocycles. The molecule has 2 fully saturated rings. The fourth-order valence-corrected chi connectivity index (χ4v) is 6.20. The largest absolute Gasteiger partial charge is 0.274 e. The first-order valence-corrected chi connectivity index (χ1v) is 11.7. The summed E-state index contributed by atoms with van der Waals surface area (Å²) in [5, 5.41) is 0. The van der Waals surface area contributed by atoms with Gasteiger partial charge in [-0.2, -0.15) is 0 Å². The van der Waals surface area contributed by atoms with Crippen molar-refractivity contribution in [1.82, 2.24) is 9.97 Å². The van der Waals surface area contributed by atoms with E-state index in [0.717, 1.165) is 6.42 Å². The number of anilines is 2. The number of amides is 2. The number of aromatic nitrogens is 2. The lowest BCUT2D eigenvalue weighted by Crippen LogP contribution is -2.33. The Morgan fingerprint density at radius 1 is 0.968 bits per heavy atom. The summed E-state index contributed by atoms with van der Waals surface area (Å²) in [5.74, 6) is -0.716. The van der Waals surface area contributed by atoms with E-state index in [1.165, 1.54) is 34.7 Å². The van der Waals surface area contributed by atoms with Crippen molar-refractivity contribution in [3.8, 4) is 0 Å². The molecule has 2 aliphatic carbocycles. The first kappa shape index (κ1) is 19.9. The van der Waals surface area contributed by atoms with Crippen LogP contribution in [0.1, 0.15) is 24.7 Å². The minimum absolute atomic E-state index is 0.00218.